The van der Waals surface area contributed by atoms with E-state index >= 15 is 0 Å². The molecule has 0 spiro atoms. The lowest BCUT2D eigenvalue weighted by Crippen LogP contribution is -2.47. The van der Waals surface area contributed by atoms with E-state index < -0.39 is 16.1 Å². The number of hydrogen-bond donors (Lipinski definition) is 2. The third kappa shape index (κ3) is 4.68. The smallest absolute Gasteiger partial charge is 0.231 e. The number of rotatable bonds is 13. The number of unbranched alkanes of at least 4 members (excludes halogenated alkanes) is 2. The molecule has 2 aliphatic rings. The summed E-state index contributed by atoms with van der Waals surface area (Å²) in [6, 6.07) is 10.4. The fourth-order valence-electron chi connectivity index (χ4n) is 6.61. The van der Waals surface area contributed by atoms with Crippen molar-refractivity contribution in [2.75, 3.05) is 13.6 Å². The third-order valence-corrected chi connectivity index (χ3v) is 20.5. The number of hydrogen-bond acceptors (Lipinski definition) is 6. The van der Waals surface area contributed by atoms with Gasteiger partial charge in [0.25, 0.3) is 0 Å². The maximum absolute atomic E-state index is 12.1. The summed E-state index contributed by atoms with van der Waals surface area (Å²) in [6.45, 7) is 13.6. The Morgan fingerprint density at radius 3 is 1.29 bits per heavy atom. The molecule has 2 aromatic rings. The highest BCUT2D eigenvalue weighted by atomic mass is 28.3. The molecule has 2 N–H and O–H groups in total. The zero-order chi connectivity index (χ0) is 27.5. The van der Waals surface area contributed by atoms with Gasteiger partial charge in [0, 0.05) is 0 Å². The van der Waals surface area contributed by atoms with E-state index in [9.17, 15) is 10.2 Å². The summed E-state index contributed by atoms with van der Waals surface area (Å²) in [6.07, 6.45) is 4.49. The fraction of sp³-hybridized carbons (Fsp3) is 0.600. The average Bonchev–Trinajstić information content (AvgIpc) is 3.61. The molecule has 38 heavy (non-hydrogen) atoms. The first-order valence-electron chi connectivity index (χ1n) is 14.7. The van der Waals surface area contributed by atoms with Crippen LogP contribution in [0.25, 0.3) is 11.1 Å². The Kier molecular flexibility index (Phi) is 8.92. The van der Waals surface area contributed by atoms with Crippen molar-refractivity contribution in [2.45, 2.75) is 103 Å². The van der Waals surface area contributed by atoms with E-state index in [-0.39, 0.29) is 25.1 Å². The van der Waals surface area contributed by atoms with Gasteiger partial charge in [0.1, 0.15) is 11.5 Å². The van der Waals surface area contributed by atoms with Crippen LogP contribution < -0.4 is 29.3 Å². The van der Waals surface area contributed by atoms with Crippen LogP contribution in [0.3, 0.4) is 0 Å². The lowest BCUT2D eigenvalue weighted by molar-refractivity contribution is 0.172. The molecule has 0 bridgehead atoms. The van der Waals surface area contributed by atoms with E-state index in [2.05, 4.69) is 41.5 Å². The highest BCUT2D eigenvalue weighted by molar-refractivity contribution is 6.93. The molecule has 0 radical (unpaired) electrons. The first kappa shape index (κ1) is 28.7. The summed E-state index contributed by atoms with van der Waals surface area (Å²) < 4.78 is 23.8. The predicted octanol–water partition coefficient (Wildman–Crippen LogP) is 7.21. The van der Waals surface area contributed by atoms with Crippen LogP contribution in [-0.2, 0) is 0 Å². The molecule has 0 unspecified atom stereocenters. The molecule has 4 rings (SSSR count). The zero-order valence-corrected chi connectivity index (χ0v) is 26.2. The van der Waals surface area contributed by atoms with E-state index in [1.165, 1.54) is 0 Å². The van der Waals surface area contributed by atoms with E-state index in [0.29, 0.717) is 34.1 Å². The van der Waals surface area contributed by atoms with Gasteiger partial charge in [0.05, 0.1) is 27.3 Å². The Hall–Kier alpha value is -2.33. The van der Waals surface area contributed by atoms with Crippen LogP contribution in [0.2, 0.25) is 36.3 Å². The molecule has 0 fully saturated rings. The largest absolute Gasteiger partial charge is 0.507 e. The number of aromatic hydroxyl groups is 2. The lowest BCUT2D eigenvalue weighted by Gasteiger charge is -2.33. The molecule has 2 aliphatic heterocycles. The number of phenolic OH excluding ortho intramolecular Hbond substituents is 2. The van der Waals surface area contributed by atoms with Crippen molar-refractivity contribution in [3.05, 3.63) is 12.1 Å². The second-order valence-electron chi connectivity index (χ2n) is 10.9. The average molecular weight is 559 g/mol. The second kappa shape index (κ2) is 11.8. The van der Waals surface area contributed by atoms with Crippen LogP contribution in [0, 0.1) is 0 Å². The Morgan fingerprint density at radius 1 is 0.605 bits per heavy atom. The molecule has 0 aromatic heterocycles. The van der Waals surface area contributed by atoms with Gasteiger partial charge in [-0.15, -0.1) is 0 Å². The van der Waals surface area contributed by atoms with Gasteiger partial charge in [-0.25, -0.2) is 0 Å². The lowest BCUT2D eigenvalue weighted by atomic mass is 10.00. The minimum atomic E-state index is -2.05. The Balaban J connectivity index is 2.04. The number of ether oxygens (including phenoxy) is 4. The molecule has 0 amide bonds. The Bertz CT molecular complexity index is 1050. The third-order valence-electron chi connectivity index (χ3n) is 9.39. The van der Waals surface area contributed by atoms with Gasteiger partial charge in [0.15, 0.2) is 23.0 Å². The quantitative estimate of drug-likeness (QED) is 0.253. The van der Waals surface area contributed by atoms with Gasteiger partial charge in [-0.2, -0.15) is 0 Å². The van der Waals surface area contributed by atoms with E-state index in [1.807, 2.05) is 12.1 Å². The van der Waals surface area contributed by atoms with Crippen LogP contribution in [0.5, 0.6) is 34.5 Å². The van der Waals surface area contributed by atoms with Gasteiger partial charge in [-0.05, 0) is 22.5 Å². The molecule has 0 saturated heterocycles. The summed E-state index contributed by atoms with van der Waals surface area (Å²) in [5.41, 5.74) is 0.994. The minimum absolute atomic E-state index is 0.0894. The molecule has 0 saturated carbocycles. The zero-order valence-electron chi connectivity index (χ0n) is 24.2. The Labute approximate surface area is 230 Å². The summed E-state index contributed by atoms with van der Waals surface area (Å²) in [5, 5.41) is 26.2. The monoisotopic (exact) mass is 558 g/mol. The fourth-order valence-corrected chi connectivity index (χ4v) is 15.3. The predicted molar refractivity (Wildman–Crippen MR) is 160 cm³/mol. The summed E-state index contributed by atoms with van der Waals surface area (Å²) in [5.74, 6) is 2.66. The van der Waals surface area contributed by atoms with Crippen LogP contribution >= 0.6 is 0 Å². The Morgan fingerprint density at radius 2 is 0.974 bits per heavy atom. The van der Waals surface area contributed by atoms with Gasteiger partial charge in [-0.1, -0.05) is 103 Å². The van der Waals surface area contributed by atoms with Crippen molar-refractivity contribution in [1.29, 1.82) is 0 Å². The molecule has 6 nitrogen and oxygen atoms in total. The second-order valence-corrected chi connectivity index (χ2v) is 21.0. The van der Waals surface area contributed by atoms with E-state index in [0.717, 1.165) is 72.3 Å². The van der Waals surface area contributed by atoms with Crippen LogP contribution in [0.1, 0.15) is 67.2 Å². The maximum Gasteiger partial charge on any atom is 0.231 e. The highest BCUT2D eigenvalue weighted by Gasteiger charge is 2.42. The van der Waals surface area contributed by atoms with Crippen molar-refractivity contribution in [3.63, 3.8) is 0 Å². The van der Waals surface area contributed by atoms with Gasteiger partial charge in [-0.3, -0.25) is 0 Å². The molecule has 0 aliphatic carbocycles. The topological polar surface area (TPSA) is 77.4 Å². The molecule has 8 heteroatoms. The van der Waals surface area contributed by atoms with Gasteiger partial charge < -0.3 is 29.2 Å². The summed E-state index contributed by atoms with van der Waals surface area (Å²) in [7, 11) is -4.09. The van der Waals surface area contributed by atoms with Gasteiger partial charge in [0.2, 0.25) is 13.6 Å². The minimum Gasteiger partial charge on any atom is -0.507 e. The van der Waals surface area contributed by atoms with E-state index in [1.54, 1.807) is 0 Å². The molecular formula is C30H46O6Si2. The molecule has 210 valence electrons. The molecule has 0 atom stereocenters. The van der Waals surface area contributed by atoms with Crippen molar-refractivity contribution in [3.8, 4) is 45.6 Å². The SMILES string of the molecule is CCCC[Si](CC)(CC)c1cc2c(c(-c3c(O)c([Si](CC)(CC)CCCC)cc4c3OCO4)c1O)OCO2. The first-order valence-corrected chi connectivity index (χ1v) is 19.9. The summed E-state index contributed by atoms with van der Waals surface area (Å²) in [4.78, 5) is 0. The highest BCUT2D eigenvalue weighted by Crippen LogP contribution is 2.55. The first-order chi connectivity index (χ1) is 18.4. The van der Waals surface area contributed by atoms with Crippen molar-refractivity contribution < 1.29 is 29.2 Å². The number of benzene rings is 2. The van der Waals surface area contributed by atoms with Crippen molar-refractivity contribution in [2.24, 2.45) is 0 Å². The van der Waals surface area contributed by atoms with Crippen LogP contribution in [0.4, 0.5) is 0 Å². The van der Waals surface area contributed by atoms with Crippen LogP contribution in [0.15, 0.2) is 12.1 Å². The molecular weight excluding hydrogens is 512 g/mol. The standard InChI is InChI=1S/C30H46O6Si2/c1-7-13-15-37(9-3,10-4)23-17-21-29(35-19-33-21)25(27(23)31)26-28(32)24(18-22-30(26)36-20-34-22)38(11-5,12-6)16-14-8-2/h17-18,31-32H,7-16,19-20H2,1-6H3. The van der Waals surface area contributed by atoms with E-state index in [4.69, 9.17) is 18.9 Å². The molecule has 2 heterocycles. The normalized spacial score (nSPS) is 14.4. The summed E-state index contributed by atoms with van der Waals surface area (Å²) >= 11 is 0. The van der Waals surface area contributed by atoms with Crippen molar-refractivity contribution in [1.82, 2.24) is 0 Å². The van der Waals surface area contributed by atoms with Gasteiger partial charge >= 0.3 is 0 Å². The number of fused-ring (bicyclic) bond motifs is 2. The maximum atomic E-state index is 12.1. The van der Waals surface area contributed by atoms with Crippen molar-refractivity contribution >= 4 is 26.5 Å². The molecule has 2 aromatic carbocycles. The van der Waals surface area contributed by atoms with Crippen LogP contribution in [-0.4, -0.2) is 39.9 Å². The number of phenols is 2.